The number of pyridine rings is 1. The molecule has 1 aromatic carbocycles. The van der Waals surface area contributed by atoms with Gasteiger partial charge in [0.05, 0.1) is 23.1 Å². The van der Waals surface area contributed by atoms with Gasteiger partial charge in [-0.3, -0.25) is 9.78 Å². The number of nitrogens with zero attached hydrogens (tertiary/aromatic N) is 4. The van der Waals surface area contributed by atoms with Crippen LogP contribution in [-0.2, 0) is 4.79 Å². The van der Waals surface area contributed by atoms with E-state index in [1.54, 1.807) is 30.5 Å². The number of aryl methyl sites for hydroxylation is 1. The van der Waals surface area contributed by atoms with Crippen molar-refractivity contribution in [1.29, 1.82) is 0 Å². The highest BCUT2D eigenvalue weighted by atomic mass is 35.5. The first-order valence-electron chi connectivity index (χ1n) is 9.88. The third kappa shape index (κ3) is 4.14. The summed E-state index contributed by atoms with van der Waals surface area (Å²) in [7, 11) is 0. The second-order valence-electron chi connectivity index (χ2n) is 7.42. The molecule has 30 heavy (non-hydrogen) atoms. The van der Waals surface area contributed by atoms with E-state index in [0.29, 0.717) is 22.1 Å². The fourth-order valence-electron chi connectivity index (χ4n) is 3.50. The predicted octanol–water partition coefficient (Wildman–Crippen LogP) is 5.13. The van der Waals surface area contributed by atoms with Crippen LogP contribution in [0.4, 0.5) is 4.39 Å². The Morgan fingerprint density at radius 3 is 2.63 bits per heavy atom. The van der Waals surface area contributed by atoms with Crippen molar-refractivity contribution in [3.8, 4) is 5.69 Å². The summed E-state index contributed by atoms with van der Waals surface area (Å²) in [6, 6.07) is 11.8. The molecule has 7 heteroatoms. The molecule has 1 amide bonds. The van der Waals surface area contributed by atoms with Crippen molar-refractivity contribution in [2.45, 2.75) is 38.8 Å². The summed E-state index contributed by atoms with van der Waals surface area (Å²) >= 11 is 6.52. The third-order valence-electron chi connectivity index (χ3n) is 5.24. The van der Waals surface area contributed by atoms with Crippen LogP contribution in [0.15, 0.2) is 54.7 Å². The molecule has 0 spiro atoms. The number of amides is 1. The molecule has 2 aromatic heterocycles. The SMILES string of the molecule is Cc1nn(-c2ccc(F)cc2)c(Cl)c1C=CC(=O)N(C1CC1)C(C)c1ccccn1. The lowest BCUT2D eigenvalue weighted by atomic mass is 10.1. The highest BCUT2D eigenvalue weighted by Crippen LogP contribution is 2.34. The minimum absolute atomic E-state index is 0.0827. The maximum absolute atomic E-state index is 13.2. The Labute approximate surface area is 179 Å². The molecule has 1 aliphatic carbocycles. The van der Waals surface area contributed by atoms with E-state index in [9.17, 15) is 9.18 Å². The molecular weight excluding hydrogens is 403 g/mol. The van der Waals surface area contributed by atoms with Gasteiger partial charge >= 0.3 is 0 Å². The second-order valence-corrected chi connectivity index (χ2v) is 7.78. The molecule has 0 aliphatic heterocycles. The van der Waals surface area contributed by atoms with Crippen LogP contribution in [0.5, 0.6) is 0 Å². The average Bonchev–Trinajstić information content (AvgIpc) is 3.54. The Morgan fingerprint density at radius 2 is 2.00 bits per heavy atom. The molecule has 0 N–H and O–H groups in total. The van der Waals surface area contributed by atoms with Gasteiger partial charge in [0, 0.05) is 23.9 Å². The molecule has 1 fully saturated rings. The number of carbonyl (C=O) groups excluding carboxylic acids is 1. The fraction of sp³-hybridized carbons (Fsp3) is 0.261. The van der Waals surface area contributed by atoms with Crippen LogP contribution >= 0.6 is 11.6 Å². The summed E-state index contributed by atoms with van der Waals surface area (Å²) in [6.45, 7) is 3.82. The molecule has 1 saturated carbocycles. The van der Waals surface area contributed by atoms with E-state index in [-0.39, 0.29) is 23.8 Å². The highest BCUT2D eigenvalue weighted by molar-refractivity contribution is 6.31. The molecule has 0 radical (unpaired) electrons. The van der Waals surface area contributed by atoms with E-state index in [0.717, 1.165) is 18.5 Å². The lowest BCUT2D eigenvalue weighted by Crippen LogP contribution is -2.34. The topological polar surface area (TPSA) is 51.0 Å². The van der Waals surface area contributed by atoms with Crippen molar-refractivity contribution in [3.05, 3.63) is 82.7 Å². The number of hydrogen-bond donors (Lipinski definition) is 0. The van der Waals surface area contributed by atoms with Crippen molar-refractivity contribution in [2.24, 2.45) is 0 Å². The molecular formula is C23H22ClFN4O. The van der Waals surface area contributed by atoms with E-state index in [1.165, 1.54) is 16.8 Å². The molecule has 4 rings (SSSR count). The molecule has 1 unspecified atom stereocenters. The van der Waals surface area contributed by atoms with Crippen LogP contribution in [0.25, 0.3) is 11.8 Å². The van der Waals surface area contributed by atoms with Crippen molar-refractivity contribution < 1.29 is 9.18 Å². The average molecular weight is 425 g/mol. The van der Waals surface area contributed by atoms with Crippen molar-refractivity contribution in [2.75, 3.05) is 0 Å². The zero-order valence-corrected chi connectivity index (χ0v) is 17.6. The molecule has 1 atom stereocenters. The molecule has 0 saturated heterocycles. The minimum Gasteiger partial charge on any atom is -0.328 e. The molecule has 154 valence electrons. The standard InChI is InChI=1S/C23H22ClFN4O/c1-15-20(23(24)29(27-15)19-8-6-17(25)7-9-19)12-13-22(30)28(18-10-11-18)16(2)21-5-3-4-14-26-21/h3-9,12-14,16,18H,10-11H2,1-2H3. The summed E-state index contributed by atoms with van der Waals surface area (Å²) in [5.41, 5.74) is 2.86. The molecule has 3 aromatic rings. The Morgan fingerprint density at radius 1 is 1.27 bits per heavy atom. The van der Waals surface area contributed by atoms with Gasteiger partial charge in [-0.05, 0) is 69.2 Å². The van der Waals surface area contributed by atoms with Crippen molar-refractivity contribution in [3.63, 3.8) is 0 Å². The lowest BCUT2D eigenvalue weighted by Gasteiger charge is -2.28. The normalized spacial score (nSPS) is 14.8. The Hall–Kier alpha value is -2.99. The maximum atomic E-state index is 13.2. The number of rotatable bonds is 6. The van der Waals surface area contributed by atoms with Crippen LogP contribution in [0, 0.1) is 12.7 Å². The largest absolute Gasteiger partial charge is 0.328 e. The number of aromatic nitrogens is 3. The first kappa shape index (κ1) is 20.3. The highest BCUT2D eigenvalue weighted by Gasteiger charge is 2.35. The van der Waals surface area contributed by atoms with Crippen LogP contribution in [0.1, 0.15) is 42.8 Å². The minimum atomic E-state index is -0.327. The predicted molar refractivity (Wildman–Crippen MR) is 115 cm³/mol. The zero-order chi connectivity index (χ0) is 21.3. The van der Waals surface area contributed by atoms with Gasteiger partial charge in [-0.2, -0.15) is 5.10 Å². The first-order chi connectivity index (χ1) is 14.5. The van der Waals surface area contributed by atoms with Crippen LogP contribution < -0.4 is 0 Å². The third-order valence-corrected chi connectivity index (χ3v) is 5.60. The van der Waals surface area contributed by atoms with Crippen LogP contribution in [0.2, 0.25) is 5.15 Å². The second kappa shape index (κ2) is 8.40. The van der Waals surface area contributed by atoms with Gasteiger partial charge < -0.3 is 4.90 Å². The summed E-state index contributed by atoms with van der Waals surface area (Å²) in [4.78, 5) is 19.3. The van der Waals surface area contributed by atoms with Gasteiger partial charge in [0.2, 0.25) is 5.91 Å². The maximum Gasteiger partial charge on any atom is 0.247 e. The van der Waals surface area contributed by atoms with E-state index < -0.39 is 0 Å². The van der Waals surface area contributed by atoms with Gasteiger partial charge in [-0.25, -0.2) is 9.07 Å². The summed E-state index contributed by atoms with van der Waals surface area (Å²) in [5.74, 6) is -0.410. The Balaban J connectivity index is 1.58. The molecule has 1 aliphatic rings. The van der Waals surface area contributed by atoms with E-state index in [1.807, 2.05) is 36.9 Å². The van der Waals surface area contributed by atoms with Crippen molar-refractivity contribution >= 4 is 23.6 Å². The first-order valence-corrected chi connectivity index (χ1v) is 10.3. The Kier molecular flexibility index (Phi) is 5.68. The van der Waals surface area contributed by atoms with Gasteiger partial charge in [-0.15, -0.1) is 0 Å². The lowest BCUT2D eigenvalue weighted by molar-refractivity contribution is -0.128. The monoisotopic (exact) mass is 424 g/mol. The van der Waals surface area contributed by atoms with E-state index in [4.69, 9.17) is 11.6 Å². The van der Waals surface area contributed by atoms with Gasteiger partial charge in [-0.1, -0.05) is 17.7 Å². The summed E-state index contributed by atoms with van der Waals surface area (Å²) < 4.78 is 14.7. The number of hydrogen-bond acceptors (Lipinski definition) is 3. The van der Waals surface area contributed by atoms with Crippen LogP contribution in [-0.4, -0.2) is 31.6 Å². The van der Waals surface area contributed by atoms with E-state index >= 15 is 0 Å². The fourth-order valence-corrected chi connectivity index (χ4v) is 3.84. The zero-order valence-electron chi connectivity index (χ0n) is 16.8. The number of halogens is 2. The van der Waals surface area contributed by atoms with Crippen molar-refractivity contribution in [1.82, 2.24) is 19.7 Å². The van der Waals surface area contributed by atoms with Gasteiger partial charge in [0.1, 0.15) is 11.0 Å². The molecule has 0 bridgehead atoms. The molecule has 2 heterocycles. The Bertz CT molecular complexity index is 1070. The number of carbonyl (C=O) groups is 1. The summed E-state index contributed by atoms with van der Waals surface area (Å²) in [5, 5.41) is 4.81. The quantitative estimate of drug-likeness (QED) is 0.515. The van der Waals surface area contributed by atoms with Crippen LogP contribution in [0.3, 0.4) is 0 Å². The molecule has 5 nitrogen and oxygen atoms in total. The summed E-state index contributed by atoms with van der Waals surface area (Å²) in [6.07, 6.45) is 6.98. The smallest absolute Gasteiger partial charge is 0.247 e. The van der Waals surface area contributed by atoms with Gasteiger partial charge in [0.15, 0.2) is 0 Å². The number of benzene rings is 1. The van der Waals surface area contributed by atoms with Gasteiger partial charge in [0.25, 0.3) is 0 Å². The van der Waals surface area contributed by atoms with E-state index in [2.05, 4.69) is 10.1 Å².